The molecule has 1 aromatic carbocycles. The van der Waals surface area contributed by atoms with Gasteiger partial charge in [0.15, 0.2) is 9.76 Å². The van der Waals surface area contributed by atoms with Crippen molar-refractivity contribution in [2.24, 2.45) is 0 Å². The van der Waals surface area contributed by atoms with Crippen LogP contribution in [0.5, 0.6) is 0 Å². The molecule has 0 saturated heterocycles. The van der Waals surface area contributed by atoms with E-state index in [1.807, 2.05) is 0 Å². The van der Waals surface area contributed by atoms with Crippen LogP contribution in [0.1, 0.15) is 12.5 Å². The van der Waals surface area contributed by atoms with Gasteiger partial charge in [0.25, 0.3) is 0 Å². The van der Waals surface area contributed by atoms with Crippen molar-refractivity contribution in [1.82, 2.24) is 0 Å². The van der Waals surface area contributed by atoms with Crippen LogP contribution in [-0.4, -0.2) is 16.4 Å². The predicted molar refractivity (Wildman–Crippen MR) is 55.1 cm³/mol. The van der Waals surface area contributed by atoms with Gasteiger partial charge in [-0.05, 0) is 25.0 Å². The topological polar surface area (TPSA) is 9.23 Å². The van der Waals surface area contributed by atoms with E-state index in [4.69, 9.17) is 4.43 Å². The van der Waals surface area contributed by atoms with Crippen molar-refractivity contribution in [2.45, 2.75) is 19.4 Å². The Balaban J connectivity index is 2.16. The first-order valence-electron chi connectivity index (χ1n) is 4.55. The molecule has 0 spiro atoms. The number of hydrogen-bond donors (Lipinski definition) is 0. The van der Waals surface area contributed by atoms with E-state index >= 15 is 0 Å². The monoisotopic (exact) mass is 180 g/mol. The summed E-state index contributed by atoms with van der Waals surface area (Å²) in [5.74, 6) is 0. The summed E-state index contributed by atoms with van der Waals surface area (Å²) in [6.07, 6.45) is 1.19. The van der Waals surface area contributed by atoms with Gasteiger partial charge in [-0.1, -0.05) is 30.3 Å². The number of rotatable bonds is 5. The molecule has 0 unspecified atom stereocenters. The molecule has 0 aliphatic rings. The summed E-state index contributed by atoms with van der Waals surface area (Å²) < 4.78 is 5.39. The van der Waals surface area contributed by atoms with Crippen LogP contribution < -0.4 is 0 Å². The molecule has 0 aliphatic carbocycles. The first-order valence-corrected chi connectivity index (χ1v) is 6.13. The Labute approximate surface area is 76.7 Å². The zero-order chi connectivity index (χ0) is 8.65. The van der Waals surface area contributed by atoms with Crippen molar-refractivity contribution in [1.29, 1.82) is 0 Å². The van der Waals surface area contributed by atoms with Crippen molar-refractivity contribution in [2.75, 3.05) is 6.61 Å². The van der Waals surface area contributed by atoms with Gasteiger partial charge in [-0.15, -0.1) is 0 Å². The Bertz CT molecular complexity index is 198. The van der Waals surface area contributed by atoms with Gasteiger partial charge in [0, 0.05) is 6.61 Å². The fraction of sp³-hybridized carbons (Fsp3) is 0.400. The van der Waals surface area contributed by atoms with Crippen LogP contribution in [0.15, 0.2) is 30.3 Å². The van der Waals surface area contributed by atoms with Crippen LogP contribution in [0.2, 0.25) is 6.04 Å². The Morgan fingerprint density at radius 1 is 1.25 bits per heavy atom. The van der Waals surface area contributed by atoms with Gasteiger partial charge in [0.05, 0.1) is 0 Å². The molecule has 0 N–H and O–H groups in total. The maximum atomic E-state index is 5.39. The van der Waals surface area contributed by atoms with Gasteiger partial charge in [-0.2, -0.15) is 0 Å². The molecule has 12 heavy (non-hydrogen) atoms. The fourth-order valence-electron chi connectivity index (χ4n) is 1.17. The first-order chi connectivity index (χ1) is 5.93. The highest BCUT2D eigenvalue weighted by Gasteiger charge is 1.91. The highest BCUT2D eigenvalue weighted by molar-refractivity contribution is 6.27. The second-order valence-corrected chi connectivity index (χ2v) is 4.31. The maximum absolute atomic E-state index is 5.39. The van der Waals surface area contributed by atoms with Crippen molar-refractivity contribution >= 4 is 9.76 Å². The molecular formula is C10H16OSi. The van der Waals surface area contributed by atoms with E-state index in [0.29, 0.717) is 0 Å². The lowest BCUT2D eigenvalue weighted by molar-refractivity contribution is 0.360. The third kappa shape index (κ3) is 3.69. The normalized spacial score (nSPS) is 11.1. The molecule has 1 aromatic rings. The van der Waals surface area contributed by atoms with Gasteiger partial charge in [-0.3, -0.25) is 0 Å². The van der Waals surface area contributed by atoms with Crippen molar-refractivity contribution in [3.8, 4) is 0 Å². The predicted octanol–water partition coefficient (Wildman–Crippen LogP) is 1.77. The fourth-order valence-corrected chi connectivity index (χ4v) is 2.21. The van der Waals surface area contributed by atoms with Gasteiger partial charge < -0.3 is 4.43 Å². The molecule has 0 aromatic heterocycles. The standard InChI is InChI=1S/C10H16OSi/c1-2-11-12-9-8-10-6-4-3-5-7-10/h3-7H,2,8-9,12H2,1H3. The zero-order valence-electron chi connectivity index (χ0n) is 7.62. The highest BCUT2D eigenvalue weighted by atomic mass is 28.2. The minimum absolute atomic E-state index is 0.233. The summed E-state index contributed by atoms with van der Waals surface area (Å²) in [7, 11) is -0.233. The molecule has 1 nitrogen and oxygen atoms in total. The molecule has 66 valence electrons. The Morgan fingerprint density at radius 2 is 2.00 bits per heavy atom. The molecular weight excluding hydrogens is 164 g/mol. The highest BCUT2D eigenvalue weighted by Crippen LogP contribution is 2.01. The number of hydrogen-bond acceptors (Lipinski definition) is 1. The first kappa shape index (κ1) is 9.48. The minimum Gasteiger partial charge on any atom is -0.424 e. The average molecular weight is 180 g/mol. The van der Waals surface area contributed by atoms with E-state index in [9.17, 15) is 0 Å². The van der Waals surface area contributed by atoms with Gasteiger partial charge >= 0.3 is 0 Å². The van der Waals surface area contributed by atoms with Gasteiger partial charge in [-0.25, -0.2) is 0 Å². The van der Waals surface area contributed by atoms with E-state index in [1.165, 1.54) is 18.0 Å². The quantitative estimate of drug-likeness (QED) is 0.496. The Morgan fingerprint density at radius 3 is 2.67 bits per heavy atom. The lowest BCUT2D eigenvalue weighted by Crippen LogP contribution is -1.98. The van der Waals surface area contributed by atoms with E-state index in [-0.39, 0.29) is 9.76 Å². The Hall–Kier alpha value is -0.603. The van der Waals surface area contributed by atoms with Crippen molar-refractivity contribution in [3.05, 3.63) is 35.9 Å². The minimum atomic E-state index is -0.233. The van der Waals surface area contributed by atoms with Crippen LogP contribution in [0.4, 0.5) is 0 Å². The SMILES string of the molecule is CCO[SiH2]CCc1ccccc1. The molecule has 0 saturated carbocycles. The zero-order valence-corrected chi connectivity index (χ0v) is 9.04. The summed E-state index contributed by atoms with van der Waals surface area (Å²) in [4.78, 5) is 0. The number of aryl methyl sites for hydroxylation is 1. The van der Waals surface area contributed by atoms with Crippen LogP contribution in [0, 0.1) is 0 Å². The summed E-state index contributed by atoms with van der Waals surface area (Å²) in [6, 6.07) is 11.9. The van der Waals surface area contributed by atoms with Crippen LogP contribution in [0.3, 0.4) is 0 Å². The van der Waals surface area contributed by atoms with E-state index in [0.717, 1.165) is 6.61 Å². The number of benzene rings is 1. The smallest absolute Gasteiger partial charge is 0.161 e. The van der Waals surface area contributed by atoms with Gasteiger partial charge in [0.1, 0.15) is 0 Å². The van der Waals surface area contributed by atoms with Crippen molar-refractivity contribution < 1.29 is 4.43 Å². The lowest BCUT2D eigenvalue weighted by atomic mass is 10.2. The largest absolute Gasteiger partial charge is 0.424 e. The lowest BCUT2D eigenvalue weighted by Gasteiger charge is -2.00. The van der Waals surface area contributed by atoms with Crippen LogP contribution in [0.25, 0.3) is 0 Å². The van der Waals surface area contributed by atoms with E-state index < -0.39 is 0 Å². The van der Waals surface area contributed by atoms with Gasteiger partial charge in [0.2, 0.25) is 0 Å². The molecule has 0 amide bonds. The second-order valence-electron chi connectivity index (χ2n) is 2.79. The van der Waals surface area contributed by atoms with Crippen LogP contribution in [-0.2, 0) is 10.8 Å². The molecule has 2 heteroatoms. The Kier molecular flexibility index (Phi) is 4.72. The molecule has 0 fully saturated rings. The molecule has 0 atom stereocenters. The van der Waals surface area contributed by atoms with Crippen LogP contribution >= 0.6 is 0 Å². The molecule has 0 aliphatic heterocycles. The van der Waals surface area contributed by atoms with E-state index in [2.05, 4.69) is 37.3 Å². The third-order valence-electron chi connectivity index (χ3n) is 1.80. The third-order valence-corrected chi connectivity index (χ3v) is 3.14. The molecule has 0 radical (unpaired) electrons. The van der Waals surface area contributed by atoms with Crippen molar-refractivity contribution in [3.63, 3.8) is 0 Å². The maximum Gasteiger partial charge on any atom is 0.161 e. The summed E-state index contributed by atoms with van der Waals surface area (Å²) in [5.41, 5.74) is 1.43. The molecule has 0 bridgehead atoms. The molecule has 1 rings (SSSR count). The van der Waals surface area contributed by atoms with E-state index in [1.54, 1.807) is 0 Å². The second kappa shape index (κ2) is 5.97. The summed E-state index contributed by atoms with van der Waals surface area (Å²) in [6.45, 7) is 2.95. The average Bonchev–Trinajstić information content (AvgIpc) is 2.14. The summed E-state index contributed by atoms with van der Waals surface area (Å²) >= 11 is 0. The molecule has 0 heterocycles. The summed E-state index contributed by atoms with van der Waals surface area (Å²) in [5, 5.41) is 0.